The van der Waals surface area contributed by atoms with Crippen molar-refractivity contribution in [3.05, 3.63) is 48.4 Å². The summed E-state index contributed by atoms with van der Waals surface area (Å²) in [5.41, 5.74) is 0. The van der Waals surface area contributed by atoms with E-state index in [1.54, 1.807) is 12.3 Å². The average Bonchev–Trinajstić information content (AvgIpc) is 3.09. The van der Waals surface area contributed by atoms with Crippen molar-refractivity contribution in [3.8, 4) is 20.4 Å². The molecule has 0 aromatic carbocycles. The fourth-order valence-corrected chi connectivity index (χ4v) is 3.58. The molecule has 0 aliphatic rings. The van der Waals surface area contributed by atoms with E-state index < -0.39 is 0 Å². The SMILES string of the molecule is OCc1ccc(-c2ccc(-c3ccco3)[se]2)o1. The molecule has 4 heteroatoms. The molecule has 0 spiro atoms. The van der Waals surface area contributed by atoms with Crippen LogP contribution in [0.4, 0.5) is 0 Å². The Bertz CT molecular complexity index is 604. The summed E-state index contributed by atoms with van der Waals surface area (Å²) in [4.78, 5) is 0. The van der Waals surface area contributed by atoms with Crippen molar-refractivity contribution in [1.29, 1.82) is 0 Å². The number of furan rings is 2. The van der Waals surface area contributed by atoms with Crippen molar-refractivity contribution in [2.24, 2.45) is 0 Å². The summed E-state index contributed by atoms with van der Waals surface area (Å²) < 4.78 is 13.3. The second-order valence-electron chi connectivity index (χ2n) is 3.57. The van der Waals surface area contributed by atoms with Gasteiger partial charge in [0.1, 0.15) is 0 Å². The van der Waals surface area contributed by atoms with Gasteiger partial charge in [0.2, 0.25) is 0 Å². The van der Waals surface area contributed by atoms with Gasteiger partial charge in [-0.05, 0) is 0 Å². The fraction of sp³-hybridized carbons (Fsp3) is 0.0769. The summed E-state index contributed by atoms with van der Waals surface area (Å²) in [5, 5.41) is 8.96. The number of aliphatic hydroxyl groups excluding tert-OH is 1. The molecule has 3 nitrogen and oxygen atoms in total. The Hall–Kier alpha value is -1.48. The number of hydrogen-bond donors (Lipinski definition) is 1. The van der Waals surface area contributed by atoms with Crippen LogP contribution in [-0.2, 0) is 6.61 Å². The molecule has 17 heavy (non-hydrogen) atoms. The summed E-state index contributed by atoms with van der Waals surface area (Å²) in [6.45, 7) is -0.0568. The third kappa shape index (κ3) is 2.03. The Balaban J connectivity index is 1.94. The van der Waals surface area contributed by atoms with Crippen LogP contribution in [0.2, 0.25) is 0 Å². The van der Waals surface area contributed by atoms with Crippen molar-refractivity contribution in [1.82, 2.24) is 0 Å². The minimum absolute atomic E-state index is 0.0568. The van der Waals surface area contributed by atoms with Crippen molar-refractivity contribution in [2.45, 2.75) is 6.61 Å². The van der Waals surface area contributed by atoms with E-state index in [9.17, 15) is 0 Å². The van der Waals surface area contributed by atoms with E-state index in [0.29, 0.717) is 5.76 Å². The third-order valence-corrected chi connectivity index (χ3v) is 4.77. The Morgan fingerprint density at radius 3 is 2.47 bits per heavy atom. The molecule has 0 saturated heterocycles. The summed E-state index contributed by atoms with van der Waals surface area (Å²) in [7, 11) is 0. The van der Waals surface area contributed by atoms with Crippen molar-refractivity contribution in [2.75, 3.05) is 0 Å². The maximum absolute atomic E-state index is 8.96. The van der Waals surface area contributed by atoms with Crippen LogP contribution in [0.15, 0.2) is 51.5 Å². The normalized spacial score (nSPS) is 10.9. The van der Waals surface area contributed by atoms with Gasteiger partial charge in [0, 0.05) is 0 Å². The van der Waals surface area contributed by atoms with Gasteiger partial charge in [-0.1, -0.05) is 0 Å². The van der Waals surface area contributed by atoms with Crippen LogP contribution in [0.25, 0.3) is 20.4 Å². The van der Waals surface area contributed by atoms with Gasteiger partial charge in [-0.2, -0.15) is 0 Å². The topological polar surface area (TPSA) is 46.5 Å². The molecule has 0 saturated carbocycles. The molecule has 0 radical (unpaired) electrons. The van der Waals surface area contributed by atoms with Crippen molar-refractivity contribution in [3.63, 3.8) is 0 Å². The Morgan fingerprint density at radius 2 is 1.82 bits per heavy atom. The van der Waals surface area contributed by atoms with E-state index in [2.05, 4.69) is 12.1 Å². The van der Waals surface area contributed by atoms with Crippen LogP contribution in [0.3, 0.4) is 0 Å². The molecule has 3 rings (SSSR count). The van der Waals surface area contributed by atoms with Crippen LogP contribution in [0.5, 0.6) is 0 Å². The summed E-state index contributed by atoms with van der Waals surface area (Å²) in [5.74, 6) is 2.36. The molecule has 0 fully saturated rings. The van der Waals surface area contributed by atoms with Crippen LogP contribution in [0, 0.1) is 0 Å². The molecule has 0 aliphatic heterocycles. The second kappa shape index (κ2) is 4.41. The predicted octanol–water partition coefficient (Wildman–Crippen LogP) is 2.76. The first-order valence-electron chi connectivity index (χ1n) is 5.20. The van der Waals surface area contributed by atoms with Gasteiger partial charge in [-0.3, -0.25) is 0 Å². The fourth-order valence-electron chi connectivity index (χ4n) is 1.62. The van der Waals surface area contributed by atoms with Gasteiger partial charge in [0.05, 0.1) is 0 Å². The molecule has 1 N–H and O–H groups in total. The Kier molecular flexibility index (Phi) is 2.77. The van der Waals surface area contributed by atoms with Gasteiger partial charge < -0.3 is 0 Å². The molecular weight excluding hydrogens is 283 g/mol. The summed E-state index contributed by atoms with van der Waals surface area (Å²) in [6.07, 6.45) is 1.68. The van der Waals surface area contributed by atoms with Gasteiger partial charge in [0.25, 0.3) is 0 Å². The molecule has 0 unspecified atom stereocenters. The Labute approximate surface area is 104 Å². The van der Waals surface area contributed by atoms with E-state index in [1.165, 1.54) is 8.87 Å². The Morgan fingerprint density at radius 1 is 1.00 bits per heavy atom. The summed E-state index contributed by atoms with van der Waals surface area (Å²) >= 11 is 0.197. The molecule has 0 bridgehead atoms. The molecule has 3 heterocycles. The first kappa shape index (κ1) is 10.7. The van der Waals surface area contributed by atoms with Gasteiger partial charge >= 0.3 is 104 Å². The quantitative estimate of drug-likeness (QED) is 0.755. The number of aliphatic hydroxyl groups is 1. The van der Waals surface area contributed by atoms with E-state index in [0.717, 1.165) is 11.5 Å². The molecule has 0 aliphatic carbocycles. The van der Waals surface area contributed by atoms with Crippen LogP contribution < -0.4 is 0 Å². The molecule has 3 aromatic rings. The monoisotopic (exact) mass is 294 g/mol. The van der Waals surface area contributed by atoms with Gasteiger partial charge in [-0.15, -0.1) is 0 Å². The van der Waals surface area contributed by atoms with E-state index in [4.69, 9.17) is 13.9 Å². The molecule has 0 amide bonds. The number of rotatable bonds is 3. The zero-order valence-corrected chi connectivity index (χ0v) is 10.6. The van der Waals surface area contributed by atoms with Gasteiger partial charge in [0.15, 0.2) is 0 Å². The molecule has 86 valence electrons. The second-order valence-corrected chi connectivity index (χ2v) is 5.84. The number of hydrogen-bond acceptors (Lipinski definition) is 3. The van der Waals surface area contributed by atoms with E-state index in [-0.39, 0.29) is 21.1 Å². The van der Waals surface area contributed by atoms with Crippen LogP contribution in [-0.4, -0.2) is 19.6 Å². The first-order valence-corrected chi connectivity index (χ1v) is 6.92. The standard InChI is InChI=1S/C13H10O3Se/c14-8-9-3-4-11(16-9)13-6-5-12(17-13)10-2-1-7-15-10/h1-7,14H,8H2. The molecular formula is C13H10O3Se. The molecule has 3 aromatic heterocycles. The summed E-state index contributed by atoms with van der Waals surface area (Å²) in [6, 6.07) is 11.7. The van der Waals surface area contributed by atoms with Crippen molar-refractivity contribution >= 4 is 14.5 Å². The van der Waals surface area contributed by atoms with Gasteiger partial charge in [-0.25, -0.2) is 0 Å². The average molecular weight is 293 g/mol. The zero-order valence-electron chi connectivity index (χ0n) is 8.92. The minimum atomic E-state index is -0.0568. The van der Waals surface area contributed by atoms with E-state index >= 15 is 0 Å². The zero-order chi connectivity index (χ0) is 11.7. The first-order chi connectivity index (χ1) is 8.36. The van der Waals surface area contributed by atoms with Crippen LogP contribution in [0.1, 0.15) is 5.76 Å². The molecule has 0 atom stereocenters. The van der Waals surface area contributed by atoms with E-state index in [1.807, 2.05) is 18.2 Å². The van der Waals surface area contributed by atoms with Crippen LogP contribution >= 0.6 is 0 Å². The third-order valence-electron chi connectivity index (χ3n) is 2.43. The van der Waals surface area contributed by atoms with Crippen molar-refractivity contribution < 1.29 is 13.9 Å². The predicted molar refractivity (Wildman–Crippen MR) is 64.7 cm³/mol. The maximum atomic E-state index is 8.96.